The van der Waals surface area contributed by atoms with Gasteiger partial charge in [0.15, 0.2) is 0 Å². The van der Waals surface area contributed by atoms with Crippen molar-refractivity contribution in [3.05, 3.63) is 65.2 Å². The Hall–Kier alpha value is -2.90. The summed E-state index contributed by atoms with van der Waals surface area (Å²) in [6.07, 6.45) is 0.956. The molecule has 3 aromatic rings. The van der Waals surface area contributed by atoms with Gasteiger partial charge in [0.25, 0.3) is 5.91 Å². The molecule has 31 heavy (non-hydrogen) atoms. The predicted octanol–water partition coefficient (Wildman–Crippen LogP) is 4.18. The number of carbonyl (C=O) groups excluding carboxylic acids is 1. The Morgan fingerprint density at radius 3 is 2.29 bits per heavy atom. The highest BCUT2D eigenvalue weighted by atomic mass is 32.1. The van der Waals surface area contributed by atoms with E-state index in [0.29, 0.717) is 12.2 Å². The van der Waals surface area contributed by atoms with Crippen molar-refractivity contribution >= 4 is 17.2 Å². The lowest BCUT2D eigenvalue weighted by Gasteiger charge is -2.21. The molecule has 0 N–H and O–H groups in total. The van der Waals surface area contributed by atoms with Gasteiger partial charge >= 0.3 is 0 Å². The summed E-state index contributed by atoms with van der Waals surface area (Å²) in [5.41, 5.74) is 2.77. The third-order valence-corrected chi connectivity index (χ3v) is 6.39. The van der Waals surface area contributed by atoms with Crippen LogP contribution in [0.1, 0.15) is 22.5 Å². The highest BCUT2D eigenvalue weighted by Gasteiger charge is 2.22. The topological polar surface area (TPSA) is 54.9 Å². The second-order valence-corrected chi connectivity index (χ2v) is 8.39. The largest absolute Gasteiger partial charge is 0.497 e. The Kier molecular flexibility index (Phi) is 6.84. The van der Waals surface area contributed by atoms with Gasteiger partial charge in [-0.05, 0) is 48.4 Å². The molecular weight excluding hydrogens is 410 g/mol. The molecule has 1 saturated heterocycles. The molecule has 0 radical (unpaired) electrons. The first-order valence-corrected chi connectivity index (χ1v) is 11.3. The minimum Gasteiger partial charge on any atom is -0.497 e. The Morgan fingerprint density at radius 1 is 0.935 bits per heavy atom. The number of rotatable bonds is 6. The highest BCUT2D eigenvalue weighted by Crippen LogP contribution is 2.26. The van der Waals surface area contributed by atoms with E-state index in [1.165, 1.54) is 16.9 Å². The van der Waals surface area contributed by atoms with E-state index in [4.69, 9.17) is 9.47 Å². The van der Waals surface area contributed by atoms with Gasteiger partial charge in [0, 0.05) is 43.7 Å². The molecule has 2 aromatic carbocycles. The number of hydrogen-bond donors (Lipinski definition) is 0. The zero-order valence-electron chi connectivity index (χ0n) is 17.9. The molecule has 2 heterocycles. The number of ether oxygens (including phenoxy) is 2. The second-order valence-electron chi connectivity index (χ2n) is 7.54. The van der Waals surface area contributed by atoms with Crippen LogP contribution >= 0.6 is 11.3 Å². The maximum atomic E-state index is 13.1. The summed E-state index contributed by atoms with van der Waals surface area (Å²) >= 11 is 1.50. The molecule has 162 valence electrons. The van der Waals surface area contributed by atoms with Crippen molar-refractivity contribution in [2.45, 2.75) is 13.0 Å². The van der Waals surface area contributed by atoms with Crippen LogP contribution in [-0.2, 0) is 6.54 Å². The molecule has 1 amide bonds. The van der Waals surface area contributed by atoms with Gasteiger partial charge < -0.3 is 14.4 Å². The van der Waals surface area contributed by atoms with E-state index in [-0.39, 0.29) is 5.91 Å². The number of methoxy groups -OCH3 is 2. The zero-order valence-corrected chi connectivity index (χ0v) is 18.7. The molecule has 7 heteroatoms. The average molecular weight is 438 g/mol. The smallest absolute Gasteiger partial charge is 0.273 e. The van der Waals surface area contributed by atoms with Crippen LogP contribution < -0.4 is 9.47 Å². The molecule has 1 aliphatic rings. The van der Waals surface area contributed by atoms with Crippen molar-refractivity contribution in [3.63, 3.8) is 0 Å². The van der Waals surface area contributed by atoms with Crippen molar-refractivity contribution in [1.29, 1.82) is 0 Å². The molecule has 1 aliphatic heterocycles. The van der Waals surface area contributed by atoms with Gasteiger partial charge in [-0.2, -0.15) is 0 Å². The van der Waals surface area contributed by atoms with Crippen molar-refractivity contribution < 1.29 is 14.3 Å². The van der Waals surface area contributed by atoms with E-state index < -0.39 is 0 Å². The van der Waals surface area contributed by atoms with E-state index in [1.54, 1.807) is 14.2 Å². The highest BCUT2D eigenvalue weighted by molar-refractivity contribution is 7.13. The van der Waals surface area contributed by atoms with Crippen LogP contribution in [0.2, 0.25) is 0 Å². The van der Waals surface area contributed by atoms with Gasteiger partial charge in [0.2, 0.25) is 0 Å². The number of nitrogens with zero attached hydrogens (tertiary/aromatic N) is 3. The van der Waals surface area contributed by atoms with Crippen LogP contribution in [-0.4, -0.2) is 61.1 Å². The molecular formula is C24H27N3O3S. The lowest BCUT2D eigenvalue weighted by atomic mass is 10.2. The zero-order chi connectivity index (χ0) is 21.6. The SMILES string of the molecule is COc1ccc(CN2CCCN(C(=O)c3csc(-c4ccc(OC)cc4)n3)CC2)cc1. The first-order chi connectivity index (χ1) is 15.2. The fourth-order valence-electron chi connectivity index (χ4n) is 3.72. The molecule has 0 unspecified atom stereocenters. The Balaban J connectivity index is 1.36. The molecule has 0 aliphatic carbocycles. The van der Waals surface area contributed by atoms with Crippen LogP contribution in [0.4, 0.5) is 0 Å². The maximum Gasteiger partial charge on any atom is 0.273 e. The van der Waals surface area contributed by atoms with E-state index in [9.17, 15) is 4.79 Å². The minimum atomic E-state index is 0.0160. The van der Waals surface area contributed by atoms with Crippen LogP contribution in [0.15, 0.2) is 53.9 Å². The van der Waals surface area contributed by atoms with Crippen molar-refractivity contribution in [3.8, 4) is 22.1 Å². The number of aromatic nitrogens is 1. The lowest BCUT2D eigenvalue weighted by molar-refractivity contribution is 0.0756. The van der Waals surface area contributed by atoms with Crippen molar-refractivity contribution in [2.24, 2.45) is 0 Å². The van der Waals surface area contributed by atoms with Gasteiger partial charge in [-0.1, -0.05) is 12.1 Å². The molecule has 1 aromatic heterocycles. The average Bonchev–Trinajstić information content (AvgIpc) is 3.20. The van der Waals surface area contributed by atoms with Crippen LogP contribution in [0.3, 0.4) is 0 Å². The molecule has 0 spiro atoms. The maximum absolute atomic E-state index is 13.1. The summed E-state index contributed by atoms with van der Waals surface area (Å²) < 4.78 is 10.4. The van der Waals surface area contributed by atoms with Gasteiger partial charge in [0.05, 0.1) is 14.2 Å². The lowest BCUT2D eigenvalue weighted by Crippen LogP contribution is -2.35. The van der Waals surface area contributed by atoms with E-state index >= 15 is 0 Å². The Labute approximate surface area is 187 Å². The van der Waals surface area contributed by atoms with Crippen LogP contribution in [0.5, 0.6) is 11.5 Å². The van der Waals surface area contributed by atoms with E-state index in [2.05, 4.69) is 22.0 Å². The Bertz CT molecular complexity index is 1000. The van der Waals surface area contributed by atoms with Crippen molar-refractivity contribution in [1.82, 2.24) is 14.8 Å². The molecule has 0 atom stereocenters. The second kappa shape index (κ2) is 9.94. The molecule has 0 saturated carbocycles. The van der Waals surface area contributed by atoms with Gasteiger partial charge in [0.1, 0.15) is 22.2 Å². The first kappa shape index (κ1) is 21.3. The van der Waals surface area contributed by atoms with Crippen LogP contribution in [0, 0.1) is 0 Å². The molecule has 0 bridgehead atoms. The monoisotopic (exact) mass is 437 g/mol. The Morgan fingerprint density at radius 2 is 1.61 bits per heavy atom. The van der Waals surface area contributed by atoms with E-state index in [1.807, 2.05) is 46.7 Å². The molecule has 4 rings (SSSR count). The first-order valence-electron chi connectivity index (χ1n) is 10.4. The van der Waals surface area contributed by atoms with Crippen molar-refractivity contribution in [2.75, 3.05) is 40.4 Å². The normalized spacial score (nSPS) is 14.8. The summed E-state index contributed by atoms with van der Waals surface area (Å²) in [6.45, 7) is 4.18. The van der Waals surface area contributed by atoms with Gasteiger partial charge in [-0.3, -0.25) is 9.69 Å². The predicted molar refractivity (Wildman–Crippen MR) is 123 cm³/mol. The quantitative estimate of drug-likeness (QED) is 0.579. The number of carbonyl (C=O) groups is 1. The number of amides is 1. The van der Waals surface area contributed by atoms with Crippen LogP contribution in [0.25, 0.3) is 10.6 Å². The number of benzene rings is 2. The molecule has 1 fully saturated rings. The standard InChI is InChI=1S/C24H27N3O3S/c1-29-20-8-4-18(5-9-20)16-26-12-3-13-27(15-14-26)24(28)22-17-31-23(25-22)19-6-10-21(30-2)11-7-19/h4-11,17H,3,12-16H2,1-2H3. The third kappa shape index (κ3) is 5.24. The van der Waals surface area contributed by atoms with E-state index in [0.717, 1.165) is 54.7 Å². The van der Waals surface area contributed by atoms with Gasteiger partial charge in [-0.25, -0.2) is 4.98 Å². The summed E-state index contributed by atoms with van der Waals surface area (Å²) in [5, 5.41) is 2.71. The minimum absolute atomic E-state index is 0.0160. The molecule has 6 nitrogen and oxygen atoms in total. The fourth-order valence-corrected chi connectivity index (χ4v) is 4.52. The summed E-state index contributed by atoms with van der Waals surface area (Å²) in [4.78, 5) is 22.0. The summed E-state index contributed by atoms with van der Waals surface area (Å²) in [6, 6.07) is 15.9. The third-order valence-electron chi connectivity index (χ3n) is 5.50. The summed E-state index contributed by atoms with van der Waals surface area (Å²) in [7, 11) is 3.33. The van der Waals surface area contributed by atoms with Gasteiger partial charge in [-0.15, -0.1) is 11.3 Å². The fraction of sp³-hybridized carbons (Fsp3) is 0.333. The summed E-state index contributed by atoms with van der Waals surface area (Å²) in [5.74, 6) is 1.69. The number of hydrogen-bond acceptors (Lipinski definition) is 6. The number of thiazole rings is 1.